The summed E-state index contributed by atoms with van der Waals surface area (Å²) in [6, 6.07) is 10.6. The van der Waals surface area contributed by atoms with Crippen LogP contribution >= 0.6 is 11.6 Å². The van der Waals surface area contributed by atoms with Crippen molar-refractivity contribution in [2.45, 2.75) is 13.8 Å². The van der Waals surface area contributed by atoms with Crippen LogP contribution in [0.5, 0.6) is 5.75 Å². The first-order valence-electron chi connectivity index (χ1n) is 8.72. The molecule has 150 valence electrons. The number of halogens is 1. The van der Waals surface area contributed by atoms with Crippen LogP contribution < -0.4 is 10.1 Å². The highest BCUT2D eigenvalue weighted by atomic mass is 35.5. The molecule has 3 aromatic rings. The van der Waals surface area contributed by atoms with Gasteiger partial charge in [-0.05, 0) is 49.2 Å². The molecule has 2 aromatic carbocycles. The van der Waals surface area contributed by atoms with Gasteiger partial charge < -0.3 is 14.8 Å². The Hall–Kier alpha value is -3.39. The normalized spacial score (nSPS) is 10.4. The van der Waals surface area contributed by atoms with Crippen LogP contribution in [0.2, 0.25) is 5.02 Å². The zero-order valence-electron chi connectivity index (χ0n) is 15.9. The smallest absolute Gasteiger partial charge is 0.344 e. The second kappa shape index (κ2) is 9.20. The molecule has 0 aliphatic heterocycles. The summed E-state index contributed by atoms with van der Waals surface area (Å²) in [6.07, 6.45) is 2.86. The number of anilines is 1. The van der Waals surface area contributed by atoms with Crippen LogP contribution in [-0.4, -0.2) is 39.9 Å². The fourth-order valence-corrected chi connectivity index (χ4v) is 2.69. The Morgan fingerprint density at radius 1 is 1.14 bits per heavy atom. The summed E-state index contributed by atoms with van der Waals surface area (Å²) in [5.41, 5.74) is 2.91. The molecule has 1 heterocycles. The number of nitrogens with zero attached hydrogens (tertiary/aromatic N) is 3. The molecule has 1 amide bonds. The van der Waals surface area contributed by atoms with E-state index in [1.165, 1.54) is 17.3 Å². The molecule has 0 unspecified atom stereocenters. The van der Waals surface area contributed by atoms with Gasteiger partial charge in [0.25, 0.3) is 5.91 Å². The fourth-order valence-electron chi connectivity index (χ4n) is 2.51. The summed E-state index contributed by atoms with van der Waals surface area (Å²) < 4.78 is 11.9. The third-order valence-corrected chi connectivity index (χ3v) is 4.19. The minimum atomic E-state index is -0.649. The van der Waals surface area contributed by atoms with Crippen molar-refractivity contribution in [3.63, 3.8) is 0 Å². The predicted molar refractivity (Wildman–Crippen MR) is 107 cm³/mol. The SMILES string of the molecule is Cc1ccc(C)c(OCC(=O)OCC(=O)Nc2cc(Cl)ccc2-n2cncn2)c1. The summed E-state index contributed by atoms with van der Waals surface area (Å²) in [7, 11) is 0. The number of carbonyl (C=O) groups excluding carboxylic acids is 2. The van der Waals surface area contributed by atoms with Gasteiger partial charge in [-0.1, -0.05) is 23.7 Å². The van der Waals surface area contributed by atoms with Gasteiger partial charge in [0.15, 0.2) is 13.2 Å². The van der Waals surface area contributed by atoms with Gasteiger partial charge in [-0.2, -0.15) is 5.10 Å². The second-order valence-electron chi connectivity index (χ2n) is 6.27. The number of carbonyl (C=O) groups is 2. The Kier molecular flexibility index (Phi) is 6.46. The van der Waals surface area contributed by atoms with Gasteiger partial charge in [-0.15, -0.1) is 0 Å². The lowest BCUT2D eigenvalue weighted by atomic mass is 10.1. The zero-order chi connectivity index (χ0) is 20.8. The molecule has 0 atom stereocenters. The van der Waals surface area contributed by atoms with E-state index in [-0.39, 0.29) is 6.61 Å². The molecule has 8 nitrogen and oxygen atoms in total. The van der Waals surface area contributed by atoms with E-state index < -0.39 is 18.5 Å². The number of hydrogen-bond acceptors (Lipinski definition) is 6. The van der Waals surface area contributed by atoms with Crippen molar-refractivity contribution in [2.75, 3.05) is 18.5 Å². The van der Waals surface area contributed by atoms with Gasteiger partial charge in [-0.25, -0.2) is 14.5 Å². The number of nitrogens with one attached hydrogen (secondary N) is 1. The van der Waals surface area contributed by atoms with Crippen LogP contribution in [0.25, 0.3) is 5.69 Å². The van der Waals surface area contributed by atoms with Crippen molar-refractivity contribution in [2.24, 2.45) is 0 Å². The minimum Gasteiger partial charge on any atom is -0.482 e. The number of aromatic nitrogens is 3. The maximum Gasteiger partial charge on any atom is 0.344 e. The molecule has 0 radical (unpaired) electrons. The van der Waals surface area contributed by atoms with Crippen molar-refractivity contribution in [1.29, 1.82) is 0 Å². The number of hydrogen-bond donors (Lipinski definition) is 1. The van der Waals surface area contributed by atoms with E-state index in [9.17, 15) is 9.59 Å². The average Bonchev–Trinajstić information content (AvgIpc) is 3.21. The number of rotatable bonds is 7. The van der Waals surface area contributed by atoms with Crippen LogP contribution in [-0.2, 0) is 14.3 Å². The van der Waals surface area contributed by atoms with Gasteiger partial charge in [-0.3, -0.25) is 4.79 Å². The van der Waals surface area contributed by atoms with Gasteiger partial charge in [0, 0.05) is 5.02 Å². The van der Waals surface area contributed by atoms with Crippen molar-refractivity contribution in [3.8, 4) is 11.4 Å². The van der Waals surface area contributed by atoms with Crippen molar-refractivity contribution < 1.29 is 19.1 Å². The van der Waals surface area contributed by atoms with E-state index in [1.54, 1.807) is 18.2 Å². The Labute approximate surface area is 172 Å². The second-order valence-corrected chi connectivity index (χ2v) is 6.70. The quantitative estimate of drug-likeness (QED) is 0.597. The molecule has 0 aliphatic carbocycles. The number of aryl methyl sites for hydroxylation is 2. The van der Waals surface area contributed by atoms with Gasteiger partial charge in [0.1, 0.15) is 18.4 Å². The Bertz CT molecular complexity index is 1020. The van der Waals surface area contributed by atoms with Crippen LogP contribution in [0, 0.1) is 13.8 Å². The molecule has 0 bridgehead atoms. The van der Waals surface area contributed by atoms with Crippen LogP contribution in [0.1, 0.15) is 11.1 Å². The lowest BCUT2D eigenvalue weighted by Gasteiger charge is -2.12. The zero-order valence-corrected chi connectivity index (χ0v) is 16.6. The molecular weight excluding hydrogens is 396 g/mol. The van der Waals surface area contributed by atoms with Crippen molar-refractivity contribution >= 4 is 29.2 Å². The lowest BCUT2D eigenvalue weighted by Crippen LogP contribution is -2.24. The molecular formula is C20H19ClN4O4. The molecule has 3 rings (SSSR count). The Morgan fingerprint density at radius 2 is 1.97 bits per heavy atom. The Balaban J connectivity index is 1.54. The standard InChI is InChI=1S/C20H19ClN4O4/c1-13-3-4-14(2)18(7-13)28-10-20(27)29-9-19(26)24-16-8-15(21)5-6-17(16)25-12-22-11-23-25/h3-8,11-12H,9-10H2,1-2H3,(H,24,26). The van der Waals surface area contributed by atoms with Crippen LogP contribution in [0.3, 0.4) is 0 Å². The van der Waals surface area contributed by atoms with Gasteiger partial charge >= 0.3 is 5.97 Å². The summed E-state index contributed by atoms with van der Waals surface area (Å²) in [5.74, 6) is -0.569. The summed E-state index contributed by atoms with van der Waals surface area (Å²) >= 11 is 6.01. The first-order chi connectivity index (χ1) is 13.9. The first kappa shape index (κ1) is 20.3. The summed E-state index contributed by atoms with van der Waals surface area (Å²) in [4.78, 5) is 28.0. The van der Waals surface area contributed by atoms with E-state index >= 15 is 0 Å². The minimum absolute atomic E-state index is 0.293. The highest BCUT2D eigenvalue weighted by Crippen LogP contribution is 2.24. The first-order valence-corrected chi connectivity index (χ1v) is 9.10. The largest absolute Gasteiger partial charge is 0.482 e. The van der Waals surface area contributed by atoms with E-state index in [0.717, 1.165) is 11.1 Å². The molecule has 1 N–H and O–H groups in total. The van der Waals surface area contributed by atoms with Gasteiger partial charge in [0.05, 0.1) is 11.4 Å². The average molecular weight is 415 g/mol. The third kappa shape index (κ3) is 5.55. The maximum atomic E-state index is 12.2. The van der Waals surface area contributed by atoms with E-state index in [4.69, 9.17) is 21.1 Å². The fraction of sp³-hybridized carbons (Fsp3) is 0.200. The molecule has 0 aliphatic rings. The summed E-state index contributed by atoms with van der Waals surface area (Å²) in [5, 5.41) is 7.12. The molecule has 0 saturated carbocycles. The van der Waals surface area contributed by atoms with Crippen molar-refractivity contribution in [3.05, 3.63) is 65.2 Å². The molecule has 0 saturated heterocycles. The van der Waals surface area contributed by atoms with E-state index in [1.807, 2.05) is 32.0 Å². The van der Waals surface area contributed by atoms with E-state index in [2.05, 4.69) is 15.4 Å². The third-order valence-electron chi connectivity index (χ3n) is 3.95. The van der Waals surface area contributed by atoms with Gasteiger partial charge in [0.2, 0.25) is 0 Å². The summed E-state index contributed by atoms with van der Waals surface area (Å²) in [6.45, 7) is 3.06. The predicted octanol–water partition coefficient (Wildman–Crippen LogP) is 3.10. The maximum absolute atomic E-state index is 12.2. The lowest BCUT2D eigenvalue weighted by molar-refractivity contribution is -0.149. The Morgan fingerprint density at radius 3 is 2.72 bits per heavy atom. The molecule has 29 heavy (non-hydrogen) atoms. The number of esters is 1. The number of amides is 1. The van der Waals surface area contributed by atoms with Crippen LogP contribution in [0.15, 0.2) is 49.1 Å². The molecule has 9 heteroatoms. The van der Waals surface area contributed by atoms with Crippen LogP contribution in [0.4, 0.5) is 5.69 Å². The topological polar surface area (TPSA) is 95.3 Å². The molecule has 0 fully saturated rings. The highest BCUT2D eigenvalue weighted by molar-refractivity contribution is 6.31. The molecule has 0 spiro atoms. The highest BCUT2D eigenvalue weighted by Gasteiger charge is 2.13. The van der Waals surface area contributed by atoms with E-state index in [0.29, 0.717) is 22.1 Å². The number of ether oxygens (including phenoxy) is 2. The van der Waals surface area contributed by atoms with Crippen molar-refractivity contribution in [1.82, 2.24) is 14.8 Å². The monoisotopic (exact) mass is 414 g/mol. The molecule has 1 aromatic heterocycles. The number of benzene rings is 2.